The second kappa shape index (κ2) is 9.82. The number of likely N-dealkylation sites (tertiary alicyclic amines) is 1. The summed E-state index contributed by atoms with van der Waals surface area (Å²) in [6, 6.07) is 10.5. The quantitative estimate of drug-likeness (QED) is 0.354. The van der Waals surface area contributed by atoms with Gasteiger partial charge in [0.25, 0.3) is 0 Å². The highest BCUT2D eigenvalue weighted by atomic mass is 35.5. The van der Waals surface area contributed by atoms with Crippen molar-refractivity contribution < 1.29 is 4.74 Å². The predicted molar refractivity (Wildman–Crippen MR) is 129 cm³/mol. The minimum atomic E-state index is 0.330. The summed E-state index contributed by atoms with van der Waals surface area (Å²) in [4.78, 5) is 15.0. The van der Waals surface area contributed by atoms with E-state index in [1.807, 2.05) is 6.07 Å². The molecular weight excluding hydrogens is 428 g/mol. The largest absolute Gasteiger partial charge is 0.380 e. The van der Waals surface area contributed by atoms with Crippen molar-refractivity contribution in [1.29, 1.82) is 0 Å². The van der Waals surface area contributed by atoms with Gasteiger partial charge in [0, 0.05) is 37.2 Å². The Balaban J connectivity index is 1.24. The molecule has 1 aromatic carbocycles. The molecule has 0 saturated carbocycles. The van der Waals surface area contributed by atoms with Crippen LogP contribution in [0.15, 0.2) is 35.7 Å². The Morgan fingerprint density at radius 1 is 1.03 bits per heavy atom. The summed E-state index contributed by atoms with van der Waals surface area (Å²) in [5.41, 5.74) is 2.39. The van der Waals surface area contributed by atoms with Crippen molar-refractivity contribution in [3.63, 3.8) is 0 Å². The molecule has 2 aliphatic heterocycles. The topological polar surface area (TPSA) is 41.5 Å². The molecule has 0 atom stereocenters. The van der Waals surface area contributed by atoms with E-state index in [2.05, 4.69) is 49.4 Å². The number of fused-ring (bicyclic) bond motifs is 1. The van der Waals surface area contributed by atoms with Crippen LogP contribution in [0.25, 0.3) is 21.3 Å². The van der Waals surface area contributed by atoms with Crippen molar-refractivity contribution in [2.24, 2.45) is 5.92 Å². The van der Waals surface area contributed by atoms with E-state index in [-0.39, 0.29) is 0 Å². The summed E-state index contributed by atoms with van der Waals surface area (Å²) in [5.74, 6) is 1.60. The average molecular weight is 457 g/mol. The van der Waals surface area contributed by atoms with Crippen LogP contribution < -0.4 is 4.90 Å². The summed E-state index contributed by atoms with van der Waals surface area (Å²) in [6.45, 7) is 7.25. The number of aromatic nitrogens is 2. The zero-order valence-electron chi connectivity index (χ0n) is 17.8. The van der Waals surface area contributed by atoms with Gasteiger partial charge in [-0.15, -0.1) is 11.3 Å². The number of anilines is 1. The second-order valence-corrected chi connectivity index (χ2v) is 9.76. The van der Waals surface area contributed by atoms with Crippen molar-refractivity contribution in [2.75, 3.05) is 50.8 Å². The Labute approximate surface area is 193 Å². The van der Waals surface area contributed by atoms with Gasteiger partial charge < -0.3 is 14.5 Å². The zero-order chi connectivity index (χ0) is 21.0. The maximum absolute atomic E-state index is 6.30. The Bertz CT molecular complexity index is 997. The Kier molecular flexibility index (Phi) is 6.69. The summed E-state index contributed by atoms with van der Waals surface area (Å²) in [7, 11) is 0. The van der Waals surface area contributed by atoms with Gasteiger partial charge in [-0.1, -0.05) is 30.3 Å². The molecule has 0 radical (unpaired) electrons. The first-order valence-corrected chi connectivity index (χ1v) is 12.6. The summed E-state index contributed by atoms with van der Waals surface area (Å²) in [5, 5.41) is 3.63. The molecule has 0 aliphatic carbocycles. The third kappa shape index (κ3) is 4.87. The molecule has 2 aromatic heterocycles. The van der Waals surface area contributed by atoms with E-state index < -0.39 is 0 Å². The minimum absolute atomic E-state index is 0.330. The lowest BCUT2D eigenvalue weighted by atomic mass is 9.97. The first kappa shape index (κ1) is 21.1. The Morgan fingerprint density at radius 3 is 2.58 bits per heavy atom. The number of thiophene rings is 1. The molecule has 164 valence electrons. The van der Waals surface area contributed by atoms with Gasteiger partial charge in [0.05, 0.1) is 12.0 Å². The van der Waals surface area contributed by atoms with Gasteiger partial charge in [0.2, 0.25) is 5.28 Å². The number of benzene rings is 1. The fourth-order valence-electron chi connectivity index (χ4n) is 4.72. The maximum atomic E-state index is 6.30. The number of nitrogens with zero attached hydrogens (tertiary/aromatic N) is 4. The lowest BCUT2D eigenvalue weighted by Crippen LogP contribution is -2.36. The van der Waals surface area contributed by atoms with Crippen LogP contribution in [0, 0.1) is 5.92 Å². The van der Waals surface area contributed by atoms with Crippen LogP contribution in [0.4, 0.5) is 5.82 Å². The molecule has 5 nitrogen and oxygen atoms in total. The highest BCUT2D eigenvalue weighted by molar-refractivity contribution is 7.17. The number of halogens is 1. The third-order valence-corrected chi connectivity index (χ3v) is 7.53. The van der Waals surface area contributed by atoms with E-state index >= 15 is 0 Å². The molecule has 0 bridgehead atoms. The van der Waals surface area contributed by atoms with Gasteiger partial charge in [0.1, 0.15) is 10.6 Å². The third-order valence-electron chi connectivity index (χ3n) is 6.49. The lowest BCUT2D eigenvalue weighted by molar-refractivity contribution is 0.0753. The predicted octanol–water partition coefficient (Wildman–Crippen LogP) is 5.34. The standard InChI is InChI=1S/C24H29ClN4OS/c25-24-26-22(21-20(17-31-23(21)27-24)19-6-2-1-3-7-19)29-12-8-18(9-13-29)16-30-15-14-28-10-4-5-11-28/h1-3,6-7,17-18H,4-5,8-16H2. The number of rotatable bonds is 7. The van der Waals surface area contributed by atoms with Gasteiger partial charge in [-0.25, -0.2) is 4.98 Å². The van der Waals surface area contributed by atoms with Crippen molar-refractivity contribution >= 4 is 39.0 Å². The van der Waals surface area contributed by atoms with Gasteiger partial charge in [-0.05, 0) is 61.9 Å². The van der Waals surface area contributed by atoms with E-state index in [4.69, 9.17) is 16.3 Å². The average Bonchev–Trinajstić information content (AvgIpc) is 3.47. The fourth-order valence-corrected chi connectivity index (χ4v) is 5.87. The van der Waals surface area contributed by atoms with Gasteiger partial charge in [0.15, 0.2) is 0 Å². The van der Waals surface area contributed by atoms with E-state index in [1.165, 1.54) is 37.1 Å². The number of hydrogen-bond acceptors (Lipinski definition) is 6. The van der Waals surface area contributed by atoms with E-state index in [0.29, 0.717) is 11.2 Å². The van der Waals surface area contributed by atoms with Crippen molar-refractivity contribution in [3.8, 4) is 11.1 Å². The molecule has 2 saturated heterocycles. The smallest absolute Gasteiger partial charge is 0.225 e. The molecule has 31 heavy (non-hydrogen) atoms. The van der Waals surface area contributed by atoms with Crippen LogP contribution in [0.3, 0.4) is 0 Å². The first-order valence-electron chi connectivity index (χ1n) is 11.3. The van der Waals surface area contributed by atoms with Crippen LogP contribution >= 0.6 is 22.9 Å². The molecule has 2 fully saturated rings. The normalized spacial score (nSPS) is 18.3. The van der Waals surface area contributed by atoms with Crippen molar-refractivity contribution in [2.45, 2.75) is 25.7 Å². The van der Waals surface area contributed by atoms with Crippen LogP contribution in [0.2, 0.25) is 5.28 Å². The van der Waals surface area contributed by atoms with Crippen LogP contribution in [0.5, 0.6) is 0 Å². The summed E-state index contributed by atoms with van der Waals surface area (Å²) >= 11 is 7.94. The van der Waals surface area contributed by atoms with E-state index in [1.54, 1.807) is 11.3 Å². The number of piperidine rings is 1. The van der Waals surface area contributed by atoms with Crippen molar-refractivity contribution in [1.82, 2.24) is 14.9 Å². The van der Waals surface area contributed by atoms with Gasteiger partial charge in [-0.2, -0.15) is 4.98 Å². The minimum Gasteiger partial charge on any atom is -0.380 e. The fraction of sp³-hybridized carbons (Fsp3) is 0.500. The second-order valence-electron chi connectivity index (χ2n) is 8.57. The zero-order valence-corrected chi connectivity index (χ0v) is 19.4. The molecule has 0 amide bonds. The molecule has 0 unspecified atom stereocenters. The van der Waals surface area contributed by atoms with Gasteiger partial charge >= 0.3 is 0 Å². The maximum Gasteiger partial charge on any atom is 0.225 e. The van der Waals surface area contributed by atoms with E-state index in [9.17, 15) is 0 Å². The monoisotopic (exact) mass is 456 g/mol. The Hall–Kier alpha value is -1.73. The summed E-state index contributed by atoms with van der Waals surface area (Å²) < 4.78 is 6.02. The first-order chi connectivity index (χ1) is 15.3. The highest BCUT2D eigenvalue weighted by Gasteiger charge is 2.25. The summed E-state index contributed by atoms with van der Waals surface area (Å²) in [6.07, 6.45) is 4.93. The number of ether oxygens (including phenoxy) is 1. The lowest BCUT2D eigenvalue weighted by Gasteiger charge is -2.33. The van der Waals surface area contributed by atoms with E-state index in [0.717, 1.165) is 61.7 Å². The molecular formula is C24H29ClN4OS. The molecule has 5 rings (SSSR count). The molecule has 3 aromatic rings. The molecule has 0 N–H and O–H groups in total. The van der Waals surface area contributed by atoms with Crippen LogP contribution in [-0.4, -0.2) is 60.8 Å². The van der Waals surface area contributed by atoms with Gasteiger partial charge in [-0.3, -0.25) is 0 Å². The van der Waals surface area contributed by atoms with Crippen molar-refractivity contribution in [3.05, 3.63) is 41.0 Å². The highest BCUT2D eigenvalue weighted by Crippen LogP contribution is 2.39. The molecule has 0 spiro atoms. The molecule has 2 aliphatic rings. The molecule has 7 heteroatoms. The van der Waals surface area contributed by atoms with Crippen LogP contribution in [-0.2, 0) is 4.74 Å². The SMILES string of the molecule is Clc1nc(N2CCC(COCCN3CCCC3)CC2)c2c(-c3ccccc3)csc2n1. The van der Waals surface area contributed by atoms with Crippen LogP contribution in [0.1, 0.15) is 25.7 Å². The molecule has 4 heterocycles. The Morgan fingerprint density at radius 2 is 1.81 bits per heavy atom. The number of hydrogen-bond donors (Lipinski definition) is 0.